The molecule has 0 bridgehead atoms. The number of rotatable bonds is 8. The Balaban J connectivity index is 1.75. The fraction of sp³-hybridized carbons (Fsp3) is 0.480. The van der Waals surface area contributed by atoms with Gasteiger partial charge in [-0.1, -0.05) is 11.6 Å². The number of carbonyl (C=O) groups excluding carboxylic acids is 1. The van der Waals surface area contributed by atoms with E-state index in [0.717, 1.165) is 40.7 Å². The Bertz CT molecular complexity index is 1640. The second-order valence-corrected chi connectivity index (χ2v) is 14.6. The van der Waals surface area contributed by atoms with E-state index in [1.54, 1.807) is 6.92 Å². The van der Waals surface area contributed by atoms with Crippen molar-refractivity contribution in [2.45, 2.75) is 49.6 Å². The highest BCUT2D eigenvalue weighted by molar-refractivity contribution is 7.92. The number of anilines is 2. The summed E-state index contributed by atoms with van der Waals surface area (Å²) in [6.45, 7) is 2.20. The summed E-state index contributed by atoms with van der Waals surface area (Å²) in [5.41, 5.74) is -3.96. The summed E-state index contributed by atoms with van der Waals surface area (Å²) in [5, 5.41) is 11.4. The summed E-state index contributed by atoms with van der Waals surface area (Å²) in [7, 11) is -8.72. The molecule has 0 radical (unpaired) electrons. The molecule has 2 atom stereocenters. The van der Waals surface area contributed by atoms with Gasteiger partial charge >= 0.3 is 6.18 Å². The van der Waals surface area contributed by atoms with Crippen LogP contribution in [0.2, 0.25) is 5.02 Å². The van der Waals surface area contributed by atoms with Crippen LogP contribution in [0.3, 0.4) is 0 Å². The molecule has 2 aromatic rings. The number of nitrogens with zero attached hydrogens (tertiary/aromatic N) is 3. The van der Waals surface area contributed by atoms with Gasteiger partial charge in [-0.25, -0.2) is 12.8 Å². The molecule has 2 aromatic carbocycles. The number of fused-ring (bicyclic) bond motifs is 1. The lowest BCUT2D eigenvalue weighted by molar-refractivity contribution is -0.254. The quantitative estimate of drug-likeness (QED) is 0.417. The van der Waals surface area contributed by atoms with Gasteiger partial charge in [-0.2, -0.15) is 30.6 Å². The average Bonchev–Trinajstić information content (AvgIpc) is 2.92. The molecule has 1 saturated heterocycles. The van der Waals surface area contributed by atoms with Crippen molar-refractivity contribution in [2.75, 3.05) is 42.0 Å². The molecule has 0 saturated carbocycles. The molecule has 244 valence electrons. The summed E-state index contributed by atoms with van der Waals surface area (Å²) < 4.78 is 124. The monoisotopic (exact) mass is 687 g/mol. The van der Waals surface area contributed by atoms with E-state index in [0.29, 0.717) is 18.2 Å². The van der Waals surface area contributed by atoms with E-state index in [1.165, 1.54) is 0 Å². The smallest absolute Gasteiger partial charge is 0.411 e. The molecular weight excluding hydrogens is 660 g/mol. The fourth-order valence-electron chi connectivity index (χ4n) is 4.62. The number of sulfonamides is 1. The fourth-order valence-corrected chi connectivity index (χ4v) is 7.69. The maximum absolute atomic E-state index is 13.8. The van der Waals surface area contributed by atoms with Gasteiger partial charge < -0.3 is 24.3 Å². The van der Waals surface area contributed by atoms with Crippen molar-refractivity contribution in [1.82, 2.24) is 9.03 Å². The topological polar surface area (TPSA) is 149 Å². The molecule has 0 spiro atoms. The summed E-state index contributed by atoms with van der Waals surface area (Å²) in [4.78, 5) is 11.4. The molecule has 2 heterocycles. The van der Waals surface area contributed by atoms with Gasteiger partial charge in [-0.05, 0) is 57.2 Å². The maximum atomic E-state index is 13.8. The van der Waals surface area contributed by atoms with Crippen LogP contribution in [-0.4, -0.2) is 83.9 Å². The summed E-state index contributed by atoms with van der Waals surface area (Å²) in [5.74, 6) is -1.14. The molecule has 4 rings (SSSR count). The van der Waals surface area contributed by atoms with Crippen LogP contribution in [0.4, 0.5) is 33.7 Å². The molecule has 1 unspecified atom stereocenters. The SMILES string of the molecule is CC1CN(S(=O)(=O)NC[C@H]2CN(S(=O)(=O)c3ccc(F)c(Cl)c3)c3cc(N(C(=O)[O-])C(C)(C)C(F)(F)F)ccc3O2)CCO1. The lowest BCUT2D eigenvalue weighted by Crippen LogP contribution is -2.60. The first-order valence-corrected chi connectivity index (χ1v) is 16.2. The van der Waals surface area contributed by atoms with Crippen LogP contribution in [0.5, 0.6) is 5.75 Å². The number of hydrogen-bond acceptors (Lipinski definition) is 8. The van der Waals surface area contributed by atoms with E-state index in [-0.39, 0.29) is 42.1 Å². The number of carboxylic acid groups (broad SMARTS) is 1. The normalized spacial score (nSPS) is 20.1. The van der Waals surface area contributed by atoms with Crippen molar-refractivity contribution in [1.29, 1.82) is 0 Å². The number of nitrogens with one attached hydrogen (secondary N) is 1. The van der Waals surface area contributed by atoms with E-state index in [1.807, 2.05) is 0 Å². The minimum absolute atomic E-state index is 0.0709. The molecule has 44 heavy (non-hydrogen) atoms. The van der Waals surface area contributed by atoms with Gasteiger partial charge in [-0.15, -0.1) is 0 Å². The highest BCUT2D eigenvalue weighted by Gasteiger charge is 2.52. The zero-order valence-electron chi connectivity index (χ0n) is 23.5. The van der Waals surface area contributed by atoms with Crippen LogP contribution in [0.25, 0.3) is 0 Å². The van der Waals surface area contributed by atoms with Crippen molar-refractivity contribution in [3.8, 4) is 5.75 Å². The van der Waals surface area contributed by atoms with Crippen LogP contribution < -0.4 is 23.8 Å². The van der Waals surface area contributed by atoms with Crippen molar-refractivity contribution in [3.63, 3.8) is 0 Å². The first-order valence-electron chi connectivity index (χ1n) is 13.0. The maximum Gasteiger partial charge on any atom is 0.411 e. The number of benzene rings is 2. The first kappa shape index (κ1) is 34.0. The van der Waals surface area contributed by atoms with E-state index in [2.05, 4.69) is 4.72 Å². The number of morpholine rings is 1. The number of carbonyl (C=O) groups is 1. The summed E-state index contributed by atoms with van der Waals surface area (Å²) >= 11 is 5.81. The molecule has 1 N–H and O–H groups in total. The molecular formula is C25H28ClF4N4O8S2-. The lowest BCUT2D eigenvalue weighted by Gasteiger charge is -2.42. The minimum atomic E-state index is -5.06. The Morgan fingerprint density at radius 2 is 1.82 bits per heavy atom. The summed E-state index contributed by atoms with van der Waals surface area (Å²) in [6.07, 6.45) is -8.81. The largest absolute Gasteiger partial charge is 0.530 e. The molecule has 0 aromatic heterocycles. The zero-order valence-corrected chi connectivity index (χ0v) is 25.9. The van der Waals surface area contributed by atoms with Gasteiger partial charge in [-0.3, -0.25) is 4.31 Å². The van der Waals surface area contributed by atoms with Crippen molar-refractivity contribution in [2.24, 2.45) is 0 Å². The number of ether oxygens (including phenoxy) is 2. The van der Waals surface area contributed by atoms with E-state index >= 15 is 0 Å². The van der Waals surface area contributed by atoms with Crippen molar-refractivity contribution >= 4 is 49.3 Å². The molecule has 2 aliphatic heterocycles. The number of alkyl halides is 3. The average molecular weight is 688 g/mol. The Morgan fingerprint density at radius 3 is 2.41 bits per heavy atom. The van der Waals surface area contributed by atoms with Crippen molar-refractivity contribution < 1.29 is 53.8 Å². The third-order valence-corrected chi connectivity index (χ3v) is 10.7. The van der Waals surface area contributed by atoms with Gasteiger partial charge in [0.05, 0.1) is 41.4 Å². The van der Waals surface area contributed by atoms with E-state index in [9.17, 15) is 44.3 Å². The van der Waals surface area contributed by atoms with Gasteiger partial charge in [0.15, 0.2) is 0 Å². The van der Waals surface area contributed by atoms with Crippen LogP contribution in [0.15, 0.2) is 41.3 Å². The van der Waals surface area contributed by atoms with Gasteiger partial charge in [0.1, 0.15) is 29.3 Å². The zero-order chi connectivity index (χ0) is 32.8. The van der Waals surface area contributed by atoms with E-state index < -0.39 is 78.7 Å². The number of hydrogen-bond donors (Lipinski definition) is 1. The number of halogens is 5. The Morgan fingerprint density at radius 1 is 1.14 bits per heavy atom. The minimum Gasteiger partial charge on any atom is -0.530 e. The Kier molecular flexibility index (Phi) is 9.37. The second kappa shape index (κ2) is 12.1. The second-order valence-electron chi connectivity index (χ2n) is 10.6. The standard InChI is InChI=1S/C25H29ClF4N4O8S2/c1-15-13-32(8-9-41-15)44(39,40)31-12-17-14-33(43(37,38)18-5-6-20(27)19(26)11-18)21-10-16(4-7-22(21)42-17)34(23(35)36)24(2,3)25(28,29)30/h4-7,10-11,15,17,31H,8-9,12-14H2,1-3H3,(H,35,36)/p-1/t15?,17-/m0/s1. The van der Waals surface area contributed by atoms with Crippen molar-refractivity contribution in [3.05, 3.63) is 47.2 Å². The van der Waals surface area contributed by atoms with Crippen LogP contribution in [-0.2, 0) is 25.0 Å². The summed E-state index contributed by atoms with van der Waals surface area (Å²) in [6, 6.07) is 5.40. The molecule has 1 fully saturated rings. The predicted molar refractivity (Wildman–Crippen MR) is 149 cm³/mol. The van der Waals surface area contributed by atoms with E-state index in [4.69, 9.17) is 21.1 Å². The molecule has 2 aliphatic rings. The highest BCUT2D eigenvalue weighted by atomic mass is 35.5. The number of amides is 1. The Hall–Kier alpha value is -2.90. The lowest BCUT2D eigenvalue weighted by atomic mass is 10.0. The molecule has 12 nitrogen and oxygen atoms in total. The Labute approximate surface area is 256 Å². The van der Waals surface area contributed by atoms with Crippen LogP contribution in [0, 0.1) is 5.82 Å². The highest BCUT2D eigenvalue weighted by Crippen LogP contribution is 2.43. The third kappa shape index (κ3) is 6.69. The predicted octanol–water partition coefficient (Wildman–Crippen LogP) is 2.48. The molecule has 19 heteroatoms. The van der Waals surface area contributed by atoms with Gasteiger partial charge in [0.2, 0.25) is 0 Å². The van der Waals surface area contributed by atoms with Crippen LogP contribution in [0.1, 0.15) is 20.8 Å². The van der Waals surface area contributed by atoms with Gasteiger partial charge in [0.25, 0.3) is 20.2 Å². The first-order chi connectivity index (χ1) is 20.3. The third-order valence-electron chi connectivity index (χ3n) is 7.08. The molecule has 0 aliphatic carbocycles. The van der Waals surface area contributed by atoms with Gasteiger partial charge in [0, 0.05) is 18.8 Å². The molecule has 1 amide bonds. The van der Waals surface area contributed by atoms with Crippen LogP contribution >= 0.6 is 11.6 Å².